The normalized spacial score (nSPS) is 13.8. The maximum Gasteiger partial charge on any atom is 0.255 e. The maximum absolute atomic E-state index is 12.6. The highest BCUT2D eigenvalue weighted by Gasteiger charge is 2.24. The van der Waals surface area contributed by atoms with Gasteiger partial charge in [-0.05, 0) is 66.9 Å². The summed E-state index contributed by atoms with van der Waals surface area (Å²) in [4.78, 5) is 12.6. The van der Waals surface area contributed by atoms with Crippen molar-refractivity contribution in [3.63, 3.8) is 0 Å². The summed E-state index contributed by atoms with van der Waals surface area (Å²) >= 11 is 0. The average molecular weight is 395 g/mol. The lowest BCUT2D eigenvalue weighted by Crippen LogP contribution is -2.34. The summed E-state index contributed by atoms with van der Waals surface area (Å²) in [6, 6.07) is 16.6. The van der Waals surface area contributed by atoms with E-state index in [0.29, 0.717) is 23.5 Å². The van der Waals surface area contributed by atoms with Crippen molar-refractivity contribution in [2.45, 2.75) is 12.8 Å². The molecule has 0 saturated carbocycles. The Morgan fingerprint density at radius 3 is 2.43 bits per heavy atom. The lowest BCUT2D eigenvalue weighted by molar-refractivity contribution is 0.102. The molecule has 7 heteroatoms. The van der Waals surface area contributed by atoms with Crippen LogP contribution in [0.15, 0.2) is 67.0 Å². The van der Waals surface area contributed by atoms with Crippen molar-refractivity contribution in [2.75, 3.05) is 22.4 Å². The van der Waals surface area contributed by atoms with Gasteiger partial charge in [0.2, 0.25) is 10.0 Å². The second-order valence-electron chi connectivity index (χ2n) is 6.87. The Kier molecular flexibility index (Phi) is 4.68. The predicted octanol–water partition coefficient (Wildman–Crippen LogP) is 3.44. The van der Waals surface area contributed by atoms with E-state index in [9.17, 15) is 13.2 Å². The zero-order valence-electron chi connectivity index (χ0n) is 15.5. The number of fused-ring (bicyclic) bond motifs is 1. The van der Waals surface area contributed by atoms with E-state index >= 15 is 0 Å². The van der Waals surface area contributed by atoms with Gasteiger partial charge in [-0.15, -0.1) is 0 Å². The number of carbonyl (C=O) groups is 1. The number of benzene rings is 2. The minimum atomic E-state index is -3.34. The molecule has 0 radical (unpaired) electrons. The third-order valence-electron chi connectivity index (χ3n) is 4.85. The molecule has 2 aromatic carbocycles. The van der Waals surface area contributed by atoms with E-state index in [0.717, 1.165) is 24.1 Å². The second kappa shape index (κ2) is 7.16. The van der Waals surface area contributed by atoms with Crippen LogP contribution in [0.3, 0.4) is 0 Å². The summed E-state index contributed by atoms with van der Waals surface area (Å²) in [5.74, 6) is -0.235. The van der Waals surface area contributed by atoms with Crippen molar-refractivity contribution in [2.24, 2.45) is 0 Å². The van der Waals surface area contributed by atoms with Gasteiger partial charge >= 0.3 is 0 Å². The van der Waals surface area contributed by atoms with Crippen molar-refractivity contribution < 1.29 is 13.2 Å². The van der Waals surface area contributed by atoms with Crippen LogP contribution in [-0.2, 0) is 16.4 Å². The molecule has 0 unspecified atom stereocenters. The highest BCUT2D eigenvalue weighted by atomic mass is 32.2. The number of aromatic nitrogens is 1. The van der Waals surface area contributed by atoms with Crippen molar-refractivity contribution in [1.29, 1.82) is 0 Å². The molecule has 2 heterocycles. The van der Waals surface area contributed by atoms with E-state index < -0.39 is 10.0 Å². The average Bonchev–Trinajstić information content (AvgIpc) is 3.21. The number of nitrogens with one attached hydrogen (secondary N) is 1. The largest absolute Gasteiger partial charge is 0.324 e. The molecular formula is C21H21N3O3S. The van der Waals surface area contributed by atoms with Crippen molar-refractivity contribution >= 4 is 27.3 Å². The van der Waals surface area contributed by atoms with E-state index in [-0.39, 0.29) is 5.91 Å². The molecule has 0 bridgehead atoms. The number of aryl methyl sites for hydroxylation is 1. The third-order valence-corrected chi connectivity index (χ3v) is 6.03. The summed E-state index contributed by atoms with van der Waals surface area (Å²) in [5, 5.41) is 2.87. The van der Waals surface area contributed by atoms with Gasteiger partial charge in [0.15, 0.2) is 0 Å². The molecule has 0 fully saturated rings. The number of anilines is 2. The Labute approximate surface area is 164 Å². The molecule has 0 atom stereocenters. The first-order valence-electron chi connectivity index (χ1n) is 9.07. The lowest BCUT2D eigenvalue weighted by atomic mass is 10.0. The van der Waals surface area contributed by atoms with Crippen LogP contribution >= 0.6 is 0 Å². The van der Waals surface area contributed by atoms with Gasteiger partial charge in [-0.2, -0.15) is 0 Å². The molecule has 1 aliphatic heterocycles. The molecule has 28 heavy (non-hydrogen) atoms. The second-order valence-corrected chi connectivity index (χ2v) is 8.78. The molecule has 4 rings (SSSR count). The van der Waals surface area contributed by atoms with Crippen LogP contribution < -0.4 is 9.62 Å². The van der Waals surface area contributed by atoms with E-state index in [2.05, 4.69) is 5.32 Å². The number of hydrogen-bond donors (Lipinski definition) is 1. The molecule has 1 amide bonds. The summed E-state index contributed by atoms with van der Waals surface area (Å²) < 4.78 is 27.5. The summed E-state index contributed by atoms with van der Waals surface area (Å²) in [5.41, 5.74) is 3.71. The molecule has 3 aromatic rings. The standard InChI is InChI=1S/C21H21N3O3S/c1-28(26,27)24-14-4-5-16-6-9-18(15-20(16)24)22-21(25)17-7-10-19(11-8-17)23-12-2-3-13-23/h2-3,6-13,15H,4-5,14H2,1H3,(H,22,25). The molecule has 0 aliphatic carbocycles. The smallest absolute Gasteiger partial charge is 0.255 e. The summed E-state index contributed by atoms with van der Waals surface area (Å²) in [7, 11) is -3.34. The molecule has 6 nitrogen and oxygen atoms in total. The SMILES string of the molecule is CS(=O)(=O)N1CCCc2ccc(NC(=O)c3ccc(-n4cccc4)cc3)cc21. The zero-order valence-corrected chi connectivity index (χ0v) is 16.3. The number of nitrogens with zero attached hydrogens (tertiary/aromatic N) is 2. The number of amides is 1. The lowest BCUT2D eigenvalue weighted by Gasteiger charge is -2.29. The van der Waals surface area contributed by atoms with E-state index in [1.54, 1.807) is 18.2 Å². The highest BCUT2D eigenvalue weighted by molar-refractivity contribution is 7.92. The van der Waals surface area contributed by atoms with Crippen LogP contribution in [0.4, 0.5) is 11.4 Å². The van der Waals surface area contributed by atoms with E-state index in [4.69, 9.17) is 0 Å². The quantitative estimate of drug-likeness (QED) is 0.736. The van der Waals surface area contributed by atoms with Gasteiger partial charge < -0.3 is 9.88 Å². The number of sulfonamides is 1. The molecule has 0 saturated heterocycles. The molecule has 0 spiro atoms. The van der Waals surface area contributed by atoms with Gasteiger partial charge in [-0.1, -0.05) is 6.07 Å². The Morgan fingerprint density at radius 2 is 1.75 bits per heavy atom. The zero-order chi connectivity index (χ0) is 19.7. The first kappa shape index (κ1) is 18.3. The van der Waals surface area contributed by atoms with Crippen LogP contribution in [-0.4, -0.2) is 31.7 Å². The van der Waals surface area contributed by atoms with Gasteiger partial charge in [0.1, 0.15) is 0 Å². The fourth-order valence-electron chi connectivity index (χ4n) is 3.46. The summed E-state index contributed by atoms with van der Waals surface area (Å²) in [6.07, 6.45) is 6.71. The van der Waals surface area contributed by atoms with Gasteiger partial charge in [0.05, 0.1) is 11.9 Å². The number of rotatable bonds is 4. The minimum absolute atomic E-state index is 0.235. The van der Waals surface area contributed by atoms with Crippen LogP contribution in [0.2, 0.25) is 0 Å². The van der Waals surface area contributed by atoms with E-state index in [1.807, 2.05) is 53.4 Å². The van der Waals surface area contributed by atoms with Crippen molar-refractivity contribution in [3.05, 3.63) is 78.1 Å². The van der Waals surface area contributed by atoms with Crippen LogP contribution in [0.1, 0.15) is 22.3 Å². The Bertz CT molecular complexity index is 1100. The van der Waals surface area contributed by atoms with Gasteiger partial charge in [-0.3, -0.25) is 9.10 Å². The highest BCUT2D eigenvalue weighted by Crippen LogP contribution is 2.31. The van der Waals surface area contributed by atoms with Gasteiger partial charge in [0, 0.05) is 35.9 Å². The van der Waals surface area contributed by atoms with Gasteiger partial charge in [0.25, 0.3) is 5.91 Å². The van der Waals surface area contributed by atoms with Crippen LogP contribution in [0, 0.1) is 0 Å². The Hall–Kier alpha value is -3.06. The number of hydrogen-bond acceptors (Lipinski definition) is 3. The molecule has 1 aromatic heterocycles. The molecule has 1 N–H and O–H groups in total. The first-order chi connectivity index (χ1) is 13.4. The molecule has 144 valence electrons. The minimum Gasteiger partial charge on any atom is -0.324 e. The maximum atomic E-state index is 12.6. The molecule has 1 aliphatic rings. The predicted molar refractivity (Wildman–Crippen MR) is 111 cm³/mol. The van der Waals surface area contributed by atoms with E-state index in [1.165, 1.54) is 10.6 Å². The summed E-state index contributed by atoms with van der Waals surface area (Å²) in [6.45, 7) is 0.462. The Balaban J connectivity index is 1.55. The van der Waals surface area contributed by atoms with Crippen molar-refractivity contribution in [3.8, 4) is 5.69 Å². The van der Waals surface area contributed by atoms with Gasteiger partial charge in [-0.25, -0.2) is 8.42 Å². The number of carbonyl (C=O) groups excluding carboxylic acids is 1. The third kappa shape index (κ3) is 3.66. The fraction of sp³-hybridized carbons (Fsp3) is 0.190. The monoisotopic (exact) mass is 395 g/mol. The fourth-order valence-corrected chi connectivity index (χ4v) is 4.45. The molecular weight excluding hydrogens is 374 g/mol. The Morgan fingerprint density at radius 1 is 1.04 bits per heavy atom. The topological polar surface area (TPSA) is 71.4 Å². The van der Waals surface area contributed by atoms with Crippen LogP contribution in [0.25, 0.3) is 5.69 Å². The first-order valence-corrected chi connectivity index (χ1v) is 10.9. The van der Waals surface area contributed by atoms with Crippen molar-refractivity contribution in [1.82, 2.24) is 4.57 Å². The van der Waals surface area contributed by atoms with Crippen LogP contribution in [0.5, 0.6) is 0 Å².